The summed E-state index contributed by atoms with van der Waals surface area (Å²) in [6.45, 7) is 6.65. The fourth-order valence-electron chi connectivity index (χ4n) is 2.81. The molecule has 0 radical (unpaired) electrons. The Hall–Kier alpha value is -2.87. The smallest absolute Gasteiger partial charge is 0.322 e. The van der Waals surface area contributed by atoms with Crippen LogP contribution in [0.2, 0.25) is 0 Å². The number of aromatic nitrogens is 4. The molecule has 8 heteroatoms. The molecule has 1 atom stereocenters. The lowest BCUT2D eigenvalue weighted by Gasteiger charge is -2.14. The molecule has 0 fully saturated rings. The highest BCUT2D eigenvalue weighted by Crippen LogP contribution is 2.25. The van der Waals surface area contributed by atoms with E-state index in [0.29, 0.717) is 29.9 Å². The predicted molar refractivity (Wildman–Crippen MR) is 108 cm³/mol. The molecule has 8 nitrogen and oxygen atoms in total. The first kappa shape index (κ1) is 19.9. The molecule has 0 aliphatic rings. The molecular weight excluding hydrogens is 358 g/mol. The molecule has 2 N–H and O–H groups in total. The van der Waals surface area contributed by atoms with Crippen molar-refractivity contribution >= 4 is 17.0 Å². The summed E-state index contributed by atoms with van der Waals surface area (Å²) in [4.78, 5) is 13.4. The van der Waals surface area contributed by atoms with E-state index in [1.54, 1.807) is 13.4 Å². The number of nitrogens with zero attached hydrogens (tertiary/aromatic N) is 4. The number of ether oxygens (including phenoxy) is 2. The van der Waals surface area contributed by atoms with Gasteiger partial charge in [-0.3, -0.25) is 0 Å². The van der Waals surface area contributed by atoms with Crippen LogP contribution >= 0.6 is 0 Å². The van der Waals surface area contributed by atoms with E-state index < -0.39 is 6.29 Å². The summed E-state index contributed by atoms with van der Waals surface area (Å²) in [7, 11) is 1.64. The number of hydrogen-bond acceptors (Lipinski definition) is 7. The molecular formula is C20H27N5O3. The number of methoxy groups -OCH3 is 1. The molecule has 1 unspecified atom stereocenters. The molecule has 3 rings (SSSR count). The zero-order valence-electron chi connectivity index (χ0n) is 16.7. The summed E-state index contributed by atoms with van der Waals surface area (Å²) >= 11 is 0. The summed E-state index contributed by atoms with van der Waals surface area (Å²) < 4.78 is 12.7. The Morgan fingerprint density at radius 2 is 1.93 bits per heavy atom. The third-order valence-corrected chi connectivity index (χ3v) is 4.35. The van der Waals surface area contributed by atoms with Gasteiger partial charge in [-0.25, -0.2) is 4.98 Å². The minimum absolute atomic E-state index is 0.132. The van der Waals surface area contributed by atoms with Crippen LogP contribution in [0.15, 0.2) is 30.6 Å². The van der Waals surface area contributed by atoms with Crippen molar-refractivity contribution in [3.63, 3.8) is 0 Å². The summed E-state index contributed by atoms with van der Waals surface area (Å²) in [5.41, 5.74) is 2.41. The first-order chi connectivity index (χ1) is 13.5. The molecule has 0 amide bonds. The van der Waals surface area contributed by atoms with Crippen molar-refractivity contribution in [1.82, 2.24) is 19.5 Å². The Kier molecular flexibility index (Phi) is 6.30. The summed E-state index contributed by atoms with van der Waals surface area (Å²) in [6.07, 6.45) is 2.12. The van der Waals surface area contributed by atoms with Crippen LogP contribution in [-0.2, 0) is 6.54 Å². The minimum Gasteiger partial charge on any atom is -0.497 e. The van der Waals surface area contributed by atoms with Gasteiger partial charge >= 0.3 is 6.01 Å². The maximum absolute atomic E-state index is 10.00. The number of benzene rings is 1. The van der Waals surface area contributed by atoms with Gasteiger partial charge in [-0.1, -0.05) is 25.5 Å². The van der Waals surface area contributed by atoms with Gasteiger partial charge in [-0.2, -0.15) is 9.97 Å². The van der Waals surface area contributed by atoms with Gasteiger partial charge in [0.05, 0.1) is 13.4 Å². The SMILES string of the molecule is CCCC(O)Oc1nc(NCc2ccc(OC)cc2)c2ncn(C(C)C)c2n1. The van der Waals surface area contributed by atoms with Crippen LogP contribution in [0.4, 0.5) is 5.82 Å². The lowest BCUT2D eigenvalue weighted by Crippen LogP contribution is -2.17. The van der Waals surface area contributed by atoms with Gasteiger partial charge in [-0.15, -0.1) is 0 Å². The van der Waals surface area contributed by atoms with E-state index in [0.717, 1.165) is 17.7 Å². The van der Waals surface area contributed by atoms with Crippen LogP contribution in [0.25, 0.3) is 11.2 Å². The van der Waals surface area contributed by atoms with Gasteiger partial charge in [-0.05, 0) is 31.5 Å². The van der Waals surface area contributed by atoms with E-state index >= 15 is 0 Å². The molecule has 0 saturated heterocycles. The van der Waals surface area contributed by atoms with Gasteiger partial charge in [0.25, 0.3) is 0 Å². The molecule has 28 heavy (non-hydrogen) atoms. The molecule has 0 aliphatic heterocycles. The number of fused-ring (bicyclic) bond motifs is 1. The molecule has 2 heterocycles. The van der Waals surface area contributed by atoms with Crippen LogP contribution in [0.3, 0.4) is 0 Å². The fraction of sp³-hybridized carbons (Fsp3) is 0.450. The van der Waals surface area contributed by atoms with Crippen LogP contribution in [0, 0.1) is 0 Å². The molecule has 0 bridgehead atoms. The first-order valence-electron chi connectivity index (χ1n) is 9.48. The van der Waals surface area contributed by atoms with Crippen LogP contribution in [0.5, 0.6) is 11.8 Å². The van der Waals surface area contributed by atoms with E-state index in [9.17, 15) is 5.11 Å². The molecule has 150 valence electrons. The molecule has 3 aromatic rings. The highest BCUT2D eigenvalue weighted by Gasteiger charge is 2.17. The van der Waals surface area contributed by atoms with Crippen molar-refractivity contribution in [2.45, 2.75) is 52.5 Å². The Morgan fingerprint density at radius 1 is 1.18 bits per heavy atom. The third kappa shape index (κ3) is 4.51. The summed E-state index contributed by atoms with van der Waals surface area (Å²) in [6, 6.07) is 8.11. The number of nitrogens with one attached hydrogen (secondary N) is 1. The quantitative estimate of drug-likeness (QED) is 0.544. The third-order valence-electron chi connectivity index (χ3n) is 4.35. The maximum atomic E-state index is 10.00. The van der Waals surface area contributed by atoms with Crippen molar-refractivity contribution < 1.29 is 14.6 Å². The normalized spacial score (nSPS) is 12.4. The van der Waals surface area contributed by atoms with Crippen molar-refractivity contribution in [2.24, 2.45) is 0 Å². The van der Waals surface area contributed by atoms with E-state index in [1.807, 2.05) is 35.8 Å². The summed E-state index contributed by atoms with van der Waals surface area (Å²) in [5, 5.41) is 13.3. The van der Waals surface area contributed by atoms with Crippen molar-refractivity contribution in [2.75, 3.05) is 12.4 Å². The average molecular weight is 385 g/mol. The lowest BCUT2D eigenvalue weighted by atomic mass is 10.2. The monoisotopic (exact) mass is 385 g/mol. The topological polar surface area (TPSA) is 94.3 Å². The van der Waals surface area contributed by atoms with E-state index in [4.69, 9.17) is 9.47 Å². The van der Waals surface area contributed by atoms with Crippen LogP contribution in [-0.4, -0.2) is 38.0 Å². The van der Waals surface area contributed by atoms with Crippen molar-refractivity contribution in [1.29, 1.82) is 0 Å². The lowest BCUT2D eigenvalue weighted by molar-refractivity contribution is -0.0294. The molecule has 0 saturated carbocycles. The number of anilines is 1. The molecule has 0 spiro atoms. The van der Waals surface area contributed by atoms with E-state index in [1.165, 1.54) is 0 Å². The Labute approximate surface area is 164 Å². The van der Waals surface area contributed by atoms with Gasteiger partial charge in [0.15, 0.2) is 17.0 Å². The van der Waals surface area contributed by atoms with Gasteiger partial charge < -0.3 is 24.5 Å². The Bertz CT molecular complexity index is 908. The first-order valence-corrected chi connectivity index (χ1v) is 9.48. The van der Waals surface area contributed by atoms with E-state index in [2.05, 4.69) is 34.1 Å². The Balaban J connectivity index is 1.89. The van der Waals surface area contributed by atoms with Crippen molar-refractivity contribution in [3.8, 4) is 11.8 Å². The van der Waals surface area contributed by atoms with Gasteiger partial charge in [0.2, 0.25) is 6.29 Å². The second kappa shape index (κ2) is 8.88. The van der Waals surface area contributed by atoms with Crippen LogP contribution < -0.4 is 14.8 Å². The number of aliphatic hydroxyl groups is 1. The highest BCUT2D eigenvalue weighted by atomic mass is 16.6. The zero-order chi connectivity index (χ0) is 20.1. The number of rotatable bonds is 9. The average Bonchev–Trinajstić information content (AvgIpc) is 3.11. The number of hydrogen-bond donors (Lipinski definition) is 2. The van der Waals surface area contributed by atoms with Gasteiger partial charge in [0, 0.05) is 19.0 Å². The van der Waals surface area contributed by atoms with Gasteiger partial charge in [0.1, 0.15) is 5.75 Å². The standard InChI is InChI=1S/C20H27N5O3/c1-5-6-16(26)28-20-23-18(17-19(24-20)25(12-22-17)13(2)3)21-11-14-7-9-15(27-4)10-8-14/h7-10,12-13,16,26H,5-6,11H2,1-4H3,(H,21,23,24). The Morgan fingerprint density at radius 3 is 2.57 bits per heavy atom. The number of aliphatic hydroxyl groups excluding tert-OH is 1. The van der Waals surface area contributed by atoms with Crippen LogP contribution in [0.1, 0.15) is 45.2 Å². The summed E-state index contributed by atoms with van der Waals surface area (Å²) in [5.74, 6) is 1.38. The zero-order valence-corrected chi connectivity index (χ0v) is 16.7. The second-order valence-electron chi connectivity index (χ2n) is 6.84. The number of imidazole rings is 1. The minimum atomic E-state index is -0.938. The highest BCUT2D eigenvalue weighted by molar-refractivity contribution is 5.83. The molecule has 2 aromatic heterocycles. The van der Waals surface area contributed by atoms with Crippen molar-refractivity contribution in [3.05, 3.63) is 36.2 Å². The fourth-order valence-corrected chi connectivity index (χ4v) is 2.81. The predicted octanol–water partition coefficient (Wildman–Crippen LogP) is 3.53. The molecule has 0 aliphatic carbocycles. The second-order valence-corrected chi connectivity index (χ2v) is 6.84. The molecule has 1 aromatic carbocycles. The van der Waals surface area contributed by atoms with E-state index in [-0.39, 0.29) is 12.1 Å². The maximum Gasteiger partial charge on any atom is 0.322 e. The largest absolute Gasteiger partial charge is 0.497 e.